The molecule has 10 nitrogen and oxygen atoms in total. The standard InChI is InChI=1S/C20H32N2O8/c1-7-10-11-28-16-13(15(30-22-16)18(24)27-9-3)12-14(17(23)26-8-2)21-19(25)29-20(4,5)6/h14H,7-12H2,1-6H3,(H,21,25). The van der Waals surface area contributed by atoms with Crippen molar-refractivity contribution in [2.45, 2.75) is 72.4 Å². The van der Waals surface area contributed by atoms with Gasteiger partial charge in [-0.15, -0.1) is 0 Å². The summed E-state index contributed by atoms with van der Waals surface area (Å²) in [5.74, 6) is -1.57. The summed E-state index contributed by atoms with van der Waals surface area (Å²) in [6.07, 6.45) is 0.697. The van der Waals surface area contributed by atoms with E-state index in [0.29, 0.717) is 6.61 Å². The van der Waals surface area contributed by atoms with E-state index in [2.05, 4.69) is 10.5 Å². The summed E-state index contributed by atoms with van der Waals surface area (Å²) in [6.45, 7) is 11.0. The van der Waals surface area contributed by atoms with Crippen molar-refractivity contribution >= 4 is 18.0 Å². The predicted molar refractivity (Wildman–Crippen MR) is 106 cm³/mol. The molecule has 0 aliphatic heterocycles. The number of ether oxygens (including phenoxy) is 4. The molecule has 10 heteroatoms. The molecule has 1 atom stereocenters. The highest BCUT2D eigenvalue weighted by atomic mass is 16.6. The van der Waals surface area contributed by atoms with Crippen molar-refractivity contribution in [2.24, 2.45) is 0 Å². The molecule has 30 heavy (non-hydrogen) atoms. The summed E-state index contributed by atoms with van der Waals surface area (Å²) < 4.78 is 26.0. The number of amides is 1. The lowest BCUT2D eigenvalue weighted by Crippen LogP contribution is -2.45. The third-order valence-electron chi connectivity index (χ3n) is 3.62. The van der Waals surface area contributed by atoms with Gasteiger partial charge in [0.05, 0.1) is 25.4 Å². The van der Waals surface area contributed by atoms with Gasteiger partial charge >= 0.3 is 18.0 Å². The molecule has 0 aromatic carbocycles. The van der Waals surface area contributed by atoms with Crippen LogP contribution in [0.2, 0.25) is 0 Å². The Morgan fingerprint density at radius 2 is 1.77 bits per heavy atom. The van der Waals surface area contributed by atoms with Crippen molar-refractivity contribution in [3.05, 3.63) is 11.3 Å². The predicted octanol–water partition coefficient (Wildman–Crippen LogP) is 3.03. The van der Waals surface area contributed by atoms with Crippen molar-refractivity contribution in [3.8, 4) is 5.88 Å². The van der Waals surface area contributed by atoms with E-state index in [1.165, 1.54) is 0 Å². The molecule has 0 spiro atoms. The van der Waals surface area contributed by atoms with Gasteiger partial charge in [-0.25, -0.2) is 14.4 Å². The minimum absolute atomic E-state index is 0.0618. The lowest BCUT2D eigenvalue weighted by atomic mass is 10.1. The van der Waals surface area contributed by atoms with Crippen molar-refractivity contribution < 1.29 is 37.9 Å². The number of nitrogens with zero attached hydrogens (tertiary/aromatic N) is 1. The molecule has 1 rings (SSSR count). The van der Waals surface area contributed by atoms with Crippen LogP contribution in [-0.4, -0.2) is 54.7 Å². The minimum atomic E-state index is -1.15. The van der Waals surface area contributed by atoms with Gasteiger partial charge in [0.1, 0.15) is 11.6 Å². The van der Waals surface area contributed by atoms with Gasteiger partial charge < -0.3 is 28.8 Å². The zero-order valence-electron chi connectivity index (χ0n) is 18.5. The number of carbonyl (C=O) groups excluding carboxylic acids is 3. The fraction of sp³-hybridized carbons (Fsp3) is 0.700. The van der Waals surface area contributed by atoms with E-state index >= 15 is 0 Å². The lowest BCUT2D eigenvalue weighted by Gasteiger charge is -2.22. The molecule has 1 heterocycles. The maximum absolute atomic E-state index is 12.4. The van der Waals surface area contributed by atoms with Gasteiger partial charge in [0.25, 0.3) is 11.6 Å². The maximum Gasteiger partial charge on any atom is 0.408 e. The second-order valence-electron chi connectivity index (χ2n) is 7.37. The van der Waals surface area contributed by atoms with Crippen LogP contribution in [0.3, 0.4) is 0 Å². The molecule has 1 aromatic heterocycles. The van der Waals surface area contributed by atoms with E-state index in [0.717, 1.165) is 12.8 Å². The van der Waals surface area contributed by atoms with Crippen molar-refractivity contribution in [1.29, 1.82) is 0 Å². The Kier molecular flexibility index (Phi) is 10.1. The Bertz CT molecular complexity index is 708. The smallest absolute Gasteiger partial charge is 0.408 e. The third-order valence-corrected chi connectivity index (χ3v) is 3.62. The molecule has 170 valence electrons. The van der Waals surface area contributed by atoms with Crippen LogP contribution < -0.4 is 10.1 Å². The van der Waals surface area contributed by atoms with Gasteiger partial charge in [-0.2, -0.15) is 0 Å². The number of alkyl carbamates (subject to hydrolysis) is 1. The van der Waals surface area contributed by atoms with E-state index in [9.17, 15) is 14.4 Å². The largest absolute Gasteiger partial charge is 0.475 e. The fourth-order valence-electron chi connectivity index (χ4n) is 2.35. The molecule has 1 N–H and O–H groups in total. The highest BCUT2D eigenvalue weighted by molar-refractivity contribution is 5.89. The molecule has 1 aromatic rings. The molecular formula is C20H32N2O8. The number of nitrogens with one attached hydrogen (secondary N) is 1. The topological polar surface area (TPSA) is 126 Å². The Morgan fingerprint density at radius 1 is 1.10 bits per heavy atom. The number of carbonyl (C=O) groups is 3. The average molecular weight is 428 g/mol. The number of hydrogen-bond acceptors (Lipinski definition) is 9. The van der Waals surface area contributed by atoms with Crippen molar-refractivity contribution in [1.82, 2.24) is 10.5 Å². The lowest BCUT2D eigenvalue weighted by molar-refractivity contribution is -0.145. The van der Waals surface area contributed by atoms with Gasteiger partial charge in [0.2, 0.25) is 0 Å². The fourth-order valence-corrected chi connectivity index (χ4v) is 2.35. The van der Waals surface area contributed by atoms with Crippen LogP contribution in [0.5, 0.6) is 5.88 Å². The van der Waals surface area contributed by atoms with Crippen molar-refractivity contribution in [2.75, 3.05) is 19.8 Å². The molecule has 1 unspecified atom stereocenters. The molecule has 0 fully saturated rings. The van der Waals surface area contributed by atoms with Gasteiger partial charge in [-0.3, -0.25) is 0 Å². The van der Waals surface area contributed by atoms with E-state index in [1.807, 2.05) is 6.92 Å². The first-order valence-electron chi connectivity index (χ1n) is 10.1. The third kappa shape index (κ3) is 8.30. The van der Waals surface area contributed by atoms with Crippen molar-refractivity contribution in [3.63, 3.8) is 0 Å². The first-order valence-corrected chi connectivity index (χ1v) is 10.1. The van der Waals surface area contributed by atoms with Crippen LogP contribution in [0.1, 0.15) is 70.5 Å². The van der Waals surface area contributed by atoms with E-state index in [4.69, 9.17) is 23.5 Å². The Hall–Kier alpha value is -2.78. The normalized spacial score (nSPS) is 12.1. The minimum Gasteiger partial charge on any atom is -0.475 e. The van der Waals surface area contributed by atoms with Crippen LogP contribution in [0.4, 0.5) is 4.79 Å². The second-order valence-corrected chi connectivity index (χ2v) is 7.37. The summed E-state index contributed by atoms with van der Waals surface area (Å²) in [6, 6.07) is -1.15. The molecule has 0 saturated carbocycles. The Morgan fingerprint density at radius 3 is 2.33 bits per heavy atom. The quantitative estimate of drug-likeness (QED) is 0.321. The summed E-state index contributed by atoms with van der Waals surface area (Å²) in [5.41, 5.74) is -0.552. The zero-order valence-corrected chi connectivity index (χ0v) is 18.5. The number of unbranched alkanes of at least 4 members (excludes halogenated alkanes) is 1. The van der Waals surface area contributed by atoms with Crippen LogP contribution in [-0.2, 0) is 25.4 Å². The molecule has 1 amide bonds. The first-order chi connectivity index (χ1) is 14.1. The van der Waals surface area contributed by atoms with Gasteiger partial charge in [0.15, 0.2) is 0 Å². The number of esters is 2. The van der Waals surface area contributed by atoms with Gasteiger partial charge in [0, 0.05) is 6.42 Å². The Labute approximate surface area is 176 Å². The number of aromatic nitrogens is 1. The highest BCUT2D eigenvalue weighted by Gasteiger charge is 2.32. The Balaban J connectivity index is 3.16. The molecular weight excluding hydrogens is 396 g/mol. The van der Waals surface area contributed by atoms with Crippen LogP contribution in [0.15, 0.2) is 4.52 Å². The summed E-state index contributed by atoms with van der Waals surface area (Å²) >= 11 is 0. The molecule has 0 radical (unpaired) electrons. The highest BCUT2D eigenvalue weighted by Crippen LogP contribution is 2.25. The second kappa shape index (κ2) is 12.0. The summed E-state index contributed by atoms with van der Waals surface area (Å²) in [4.78, 5) is 36.9. The number of rotatable bonds is 11. The van der Waals surface area contributed by atoms with Gasteiger partial charge in [-0.05, 0) is 46.2 Å². The number of hydrogen-bond donors (Lipinski definition) is 1. The van der Waals surface area contributed by atoms with E-state index in [-0.39, 0.29) is 36.8 Å². The van der Waals surface area contributed by atoms with E-state index < -0.39 is 29.7 Å². The van der Waals surface area contributed by atoms with Gasteiger partial charge in [-0.1, -0.05) is 13.3 Å². The van der Waals surface area contributed by atoms with Crippen LogP contribution >= 0.6 is 0 Å². The molecule has 0 aliphatic carbocycles. The molecule has 0 aliphatic rings. The molecule has 0 saturated heterocycles. The summed E-state index contributed by atoms with van der Waals surface area (Å²) in [5, 5.41) is 6.27. The van der Waals surface area contributed by atoms with E-state index in [1.54, 1.807) is 34.6 Å². The first kappa shape index (κ1) is 25.3. The maximum atomic E-state index is 12.4. The SMILES string of the molecule is CCCCOc1noc(C(=O)OCC)c1CC(NC(=O)OC(C)(C)C)C(=O)OCC. The summed E-state index contributed by atoms with van der Waals surface area (Å²) in [7, 11) is 0. The van der Waals surface area contributed by atoms with Crippen LogP contribution in [0, 0.1) is 0 Å². The monoisotopic (exact) mass is 428 g/mol. The van der Waals surface area contributed by atoms with Crippen LogP contribution in [0.25, 0.3) is 0 Å². The zero-order chi connectivity index (χ0) is 22.7. The average Bonchev–Trinajstić information content (AvgIpc) is 3.03. The molecule has 0 bridgehead atoms.